The van der Waals surface area contributed by atoms with Gasteiger partial charge in [0.1, 0.15) is 0 Å². The van der Waals surface area contributed by atoms with Gasteiger partial charge in [0.25, 0.3) is 0 Å². The van der Waals surface area contributed by atoms with Gasteiger partial charge in [-0.25, -0.2) is 4.98 Å². The van der Waals surface area contributed by atoms with E-state index < -0.39 is 10.8 Å². The van der Waals surface area contributed by atoms with Crippen molar-refractivity contribution < 1.29 is 14.3 Å². The van der Waals surface area contributed by atoms with Crippen molar-refractivity contribution in [1.82, 2.24) is 31.2 Å². The van der Waals surface area contributed by atoms with E-state index >= 15 is 0 Å². The molecule has 0 radical (unpaired) electrons. The number of ether oxygens (including phenoxy) is 1. The number of nitrogens with one attached hydrogen (secondary N) is 4. The largest absolute Gasteiger partial charge is 0.481 e. The topological polar surface area (TPSA) is 117 Å². The van der Waals surface area contributed by atoms with Crippen molar-refractivity contribution in [3.8, 4) is 5.88 Å². The Morgan fingerprint density at radius 2 is 1.65 bits per heavy atom. The molecule has 4 aliphatic rings. The molecular formula is C38H42Cl2N6O3. The van der Waals surface area contributed by atoms with E-state index in [1.165, 1.54) is 5.56 Å². The van der Waals surface area contributed by atoms with E-state index in [0.29, 0.717) is 36.8 Å². The Bertz CT molecular complexity index is 1800. The van der Waals surface area contributed by atoms with Crippen LogP contribution in [0, 0.1) is 0 Å². The fourth-order valence-electron chi connectivity index (χ4n) is 7.64. The number of benzene rings is 1. The number of hydrogen-bond acceptors (Lipinski definition) is 7. The molecule has 2 unspecified atom stereocenters. The molecule has 7 rings (SSSR count). The number of rotatable bonds is 11. The molecule has 2 aliphatic carbocycles. The molecule has 1 aromatic carbocycles. The van der Waals surface area contributed by atoms with Crippen LogP contribution in [-0.2, 0) is 28.0 Å². The first kappa shape index (κ1) is 33.7. The third-order valence-electron chi connectivity index (χ3n) is 10.3. The second kappa shape index (κ2) is 14.6. The van der Waals surface area contributed by atoms with Gasteiger partial charge in [-0.15, -0.1) is 11.6 Å². The Morgan fingerprint density at radius 3 is 2.39 bits per heavy atom. The number of amides is 2. The molecule has 2 fully saturated rings. The van der Waals surface area contributed by atoms with E-state index in [-0.39, 0.29) is 29.9 Å². The number of allylic oxidation sites excluding steroid dienone is 4. The number of fused-ring (bicyclic) bond motifs is 1. The normalized spacial score (nSPS) is 26.2. The summed E-state index contributed by atoms with van der Waals surface area (Å²) in [7, 11) is 1.63. The minimum absolute atomic E-state index is 0.101. The second-order valence-electron chi connectivity index (χ2n) is 13.4. The summed E-state index contributed by atoms with van der Waals surface area (Å²) in [5, 5.41) is 13.3. The maximum absolute atomic E-state index is 11.8. The summed E-state index contributed by atoms with van der Waals surface area (Å²) in [5.74, 6) is 0.735. The smallest absolute Gasteiger partial charge is 0.220 e. The van der Waals surface area contributed by atoms with Crippen molar-refractivity contribution in [2.24, 2.45) is 0 Å². The minimum Gasteiger partial charge on any atom is -0.481 e. The molecule has 3 aromatic rings. The molecule has 4 heterocycles. The highest BCUT2D eigenvalue weighted by atomic mass is 35.5. The molecule has 0 spiro atoms. The molecule has 11 heteroatoms. The molecule has 5 atom stereocenters. The van der Waals surface area contributed by atoms with Gasteiger partial charge >= 0.3 is 0 Å². The first-order valence-electron chi connectivity index (χ1n) is 17.2. The SMILES string of the molecule is COc1nc(C2(c3ccc4c(n3)CCC[C@H]4NC[C@@H]3CCC(=O)N3)C=CC=C(c3ccccc3Cl)C2Cl)ccc1CNC[C@@H]1CCC(=O)N1. The summed E-state index contributed by atoms with van der Waals surface area (Å²) in [6, 6.07) is 16.5. The predicted octanol–water partition coefficient (Wildman–Crippen LogP) is 5.30. The summed E-state index contributed by atoms with van der Waals surface area (Å²) >= 11 is 14.4. The Morgan fingerprint density at radius 1 is 0.918 bits per heavy atom. The minimum atomic E-state index is -0.929. The van der Waals surface area contributed by atoms with Crippen LogP contribution in [0.15, 0.2) is 66.8 Å². The van der Waals surface area contributed by atoms with E-state index in [2.05, 4.69) is 39.5 Å². The monoisotopic (exact) mass is 700 g/mol. The van der Waals surface area contributed by atoms with E-state index in [9.17, 15) is 9.59 Å². The predicted molar refractivity (Wildman–Crippen MR) is 192 cm³/mol. The highest BCUT2D eigenvalue weighted by molar-refractivity contribution is 6.34. The lowest BCUT2D eigenvalue weighted by molar-refractivity contribution is -0.120. The number of methoxy groups -OCH3 is 1. The average molecular weight is 702 g/mol. The van der Waals surface area contributed by atoms with Gasteiger partial charge in [0.2, 0.25) is 17.7 Å². The van der Waals surface area contributed by atoms with Crippen LogP contribution in [0.1, 0.15) is 78.3 Å². The number of alkyl halides is 1. The molecule has 256 valence electrons. The highest BCUT2D eigenvalue weighted by Gasteiger charge is 2.46. The summed E-state index contributed by atoms with van der Waals surface area (Å²) in [6.07, 6.45) is 11.9. The Hall–Kier alpha value is -3.76. The van der Waals surface area contributed by atoms with Crippen LogP contribution in [0.2, 0.25) is 5.02 Å². The van der Waals surface area contributed by atoms with Gasteiger partial charge in [-0.1, -0.05) is 60.2 Å². The summed E-state index contributed by atoms with van der Waals surface area (Å²) in [4.78, 5) is 33.9. The Balaban J connectivity index is 1.23. The molecule has 2 aromatic heterocycles. The lowest BCUT2D eigenvalue weighted by atomic mass is 9.70. The van der Waals surface area contributed by atoms with E-state index in [1.54, 1.807) is 7.11 Å². The van der Waals surface area contributed by atoms with Crippen molar-refractivity contribution in [2.45, 2.75) is 80.4 Å². The van der Waals surface area contributed by atoms with E-state index in [0.717, 1.165) is 72.4 Å². The molecule has 49 heavy (non-hydrogen) atoms. The van der Waals surface area contributed by atoms with Crippen LogP contribution in [-0.4, -0.2) is 59.4 Å². The number of pyridine rings is 2. The second-order valence-corrected chi connectivity index (χ2v) is 14.2. The fraction of sp³-hybridized carbons (Fsp3) is 0.421. The van der Waals surface area contributed by atoms with Gasteiger partial charge < -0.3 is 26.0 Å². The number of aryl methyl sites for hydroxylation is 1. The van der Waals surface area contributed by atoms with Gasteiger partial charge in [0.05, 0.1) is 29.3 Å². The van der Waals surface area contributed by atoms with Crippen LogP contribution in [0.5, 0.6) is 5.88 Å². The quantitative estimate of drug-likeness (QED) is 0.201. The van der Waals surface area contributed by atoms with Gasteiger partial charge in [0.15, 0.2) is 0 Å². The summed E-state index contributed by atoms with van der Waals surface area (Å²) in [6.45, 7) is 1.94. The lowest BCUT2D eigenvalue weighted by Gasteiger charge is -2.39. The zero-order valence-electron chi connectivity index (χ0n) is 27.6. The molecule has 2 amide bonds. The summed E-state index contributed by atoms with van der Waals surface area (Å²) in [5.41, 5.74) is 5.50. The van der Waals surface area contributed by atoms with Gasteiger partial charge in [-0.2, -0.15) is 0 Å². The molecular weight excluding hydrogens is 659 g/mol. The zero-order chi connectivity index (χ0) is 34.0. The first-order valence-corrected chi connectivity index (χ1v) is 18.0. The number of nitrogens with zero attached hydrogens (tertiary/aromatic N) is 2. The Labute approximate surface area is 297 Å². The van der Waals surface area contributed by atoms with Gasteiger partial charge in [0, 0.05) is 66.9 Å². The van der Waals surface area contributed by atoms with Gasteiger partial charge in [-0.3, -0.25) is 14.6 Å². The molecule has 9 nitrogen and oxygen atoms in total. The van der Waals surface area contributed by atoms with Gasteiger partial charge in [-0.05, 0) is 67.0 Å². The zero-order valence-corrected chi connectivity index (χ0v) is 29.1. The van der Waals surface area contributed by atoms with Crippen molar-refractivity contribution in [3.63, 3.8) is 0 Å². The standard InChI is InChI=1S/C38H42Cl2N6O3/c1-49-37-23(20-41-21-24-12-17-34(47)43-24)11-15-33(46-37)38(19-5-7-27(36(38)40)26-6-2-3-8-29(26)39)32-16-14-28-30(9-4-10-31(28)45-32)42-22-25-13-18-35(48)44-25/h2-3,5-8,11,14-16,19,24-25,30,36,41-42H,4,9-10,12-13,17-18,20-22H2,1H3,(H,43,47)(H,44,48)/t24-,25-,30+,36?,38?/m0/s1. The van der Waals surface area contributed by atoms with E-state index in [1.807, 2.05) is 48.6 Å². The van der Waals surface area contributed by atoms with Crippen LogP contribution < -0.4 is 26.0 Å². The molecule has 2 aliphatic heterocycles. The fourth-order valence-corrected chi connectivity index (χ4v) is 8.37. The molecule has 2 saturated heterocycles. The summed E-state index contributed by atoms with van der Waals surface area (Å²) < 4.78 is 5.86. The molecule has 0 bridgehead atoms. The number of aromatic nitrogens is 2. The third-order valence-corrected chi connectivity index (χ3v) is 11.2. The van der Waals surface area contributed by atoms with Crippen LogP contribution >= 0.6 is 23.2 Å². The van der Waals surface area contributed by atoms with Crippen molar-refractivity contribution >= 4 is 40.6 Å². The van der Waals surface area contributed by atoms with E-state index in [4.69, 9.17) is 37.9 Å². The van der Waals surface area contributed by atoms with Crippen molar-refractivity contribution in [3.05, 3.63) is 106 Å². The van der Waals surface area contributed by atoms with Crippen molar-refractivity contribution in [1.29, 1.82) is 0 Å². The third kappa shape index (κ3) is 6.86. The number of carbonyl (C=O) groups is 2. The maximum Gasteiger partial charge on any atom is 0.220 e. The number of carbonyl (C=O) groups excluding carboxylic acids is 2. The van der Waals surface area contributed by atoms with Crippen molar-refractivity contribution in [2.75, 3.05) is 20.2 Å². The average Bonchev–Trinajstić information content (AvgIpc) is 3.74. The van der Waals surface area contributed by atoms with Crippen LogP contribution in [0.4, 0.5) is 0 Å². The van der Waals surface area contributed by atoms with Crippen LogP contribution in [0.3, 0.4) is 0 Å². The molecule has 4 N–H and O–H groups in total. The number of halogens is 2. The number of hydrogen-bond donors (Lipinski definition) is 4. The maximum atomic E-state index is 11.8. The van der Waals surface area contributed by atoms with Crippen LogP contribution in [0.25, 0.3) is 5.57 Å². The lowest BCUT2D eigenvalue weighted by Crippen LogP contribution is -2.41. The molecule has 0 saturated carbocycles. The first-order chi connectivity index (χ1) is 23.9. The highest BCUT2D eigenvalue weighted by Crippen LogP contribution is 2.48. The Kier molecular flexibility index (Phi) is 10.1.